The highest BCUT2D eigenvalue weighted by molar-refractivity contribution is 7.89. The minimum absolute atomic E-state index is 0.00501. The van der Waals surface area contributed by atoms with Gasteiger partial charge in [-0.05, 0) is 42.3 Å². The molecule has 0 bridgehead atoms. The first-order chi connectivity index (χ1) is 10.8. The molecule has 0 heterocycles. The molecule has 122 valence electrons. The van der Waals surface area contributed by atoms with Gasteiger partial charge in [-0.25, -0.2) is 13.1 Å². The van der Waals surface area contributed by atoms with Gasteiger partial charge in [0, 0.05) is 12.1 Å². The molecule has 0 saturated carbocycles. The third-order valence-corrected chi connectivity index (χ3v) is 4.81. The van der Waals surface area contributed by atoms with E-state index >= 15 is 0 Å². The lowest BCUT2D eigenvalue weighted by atomic mass is 10.1. The third-order valence-electron chi connectivity index (χ3n) is 3.41. The number of carbonyl (C=O) groups is 1. The number of methoxy groups -OCH3 is 1. The van der Waals surface area contributed by atoms with Crippen LogP contribution in [0.1, 0.15) is 21.5 Å². The highest BCUT2D eigenvalue weighted by Crippen LogP contribution is 2.16. The van der Waals surface area contributed by atoms with E-state index < -0.39 is 15.9 Å². The van der Waals surface area contributed by atoms with Crippen molar-refractivity contribution in [3.05, 3.63) is 59.2 Å². The minimum Gasteiger partial charge on any atom is -0.497 e. The Kier molecular flexibility index (Phi) is 5.02. The lowest BCUT2D eigenvalue weighted by molar-refractivity contribution is 0.0999. The first kappa shape index (κ1) is 17.0. The Morgan fingerprint density at radius 2 is 1.83 bits per heavy atom. The number of nitrogens with two attached hydrogens (primary N) is 1. The molecule has 0 fully saturated rings. The molecule has 2 aromatic rings. The maximum Gasteiger partial charge on any atom is 0.249 e. The van der Waals surface area contributed by atoms with Gasteiger partial charge in [0.15, 0.2) is 0 Å². The Morgan fingerprint density at radius 3 is 2.39 bits per heavy atom. The van der Waals surface area contributed by atoms with E-state index in [2.05, 4.69) is 4.72 Å². The molecular formula is C16H18N2O4S. The monoisotopic (exact) mass is 334 g/mol. The molecule has 23 heavy (non-hydrogen) atoms. The second-order valence-corrected chi connectivity index (χ2v) is 6.78. The van der Waals surface area contributed by atoms with Gasteiger partial charge in [0.05, 0.1) is 12.0 Å². The zero-order chi connectivity index (χ0) is 17.0. The van der Waals surface area contributed by atoms with E-state index in [1.807, 2.05) is 0 Å². The summed E-state index contributed by atoms with van der Waals surface area (Å²) in [5, 5.41) is 0. The zero-order valence-corrected chi connectivity index (χ0v) is 13.7. The predicted octanol–water partition coefficient (Wildman–Crippen LogP) is 1.58. The molecule has 0 aromatic heterocycles. The van der Waals surface area contributed by atoms with Gasteiger partial charge in [0.1, 0.15) is 5.75 Å². The summed E-state index contributed by atoms with van der Waals surface area (Å²) in [4.78, 5) is 11.3. The molecule has 7 heteroatoms. The molecule has 0 aliphatic carbocycles. The molecule has 0 unspecified atom stereocenters. The largest absolute Gasteiger partial charge is 0.497 e. The van der Waals surface area contributed by atoms with Gasteiger partial charge >= 0.3 is 0 Å². The van der Waals surface area contributed by atoms with E-state index in [0.717, 1.165) is 5.56 Å². The van der Waals surface area contributed by atoms with Crippen LogP contribution in [0.3, 0.4) is 0 Å². The molecular weight excluding hydrogens is 316 g/mol. The average molecular weight is 334 g/mol. The molecule has 0 saturated heterocycles. The molecule has 2 aromatic carbocycles. The number of primary amides is 1. The van der Waals surface area contributed by atoms with Crippen LogP contribution in [0.15, 0.2) is 47.4 Å². The lowest BCUT2D eigenvalue weighted by Gasteiger charge is -2.09. The highest BCUT2D eigenvalue weighted by Gasteiger charge is 2.16. The molecule has 2 rings (SSSR count). The maximum atomic E-state index is 12.3. The van der Waals surface area contributed by atoms with Crippen LogP contribution in [-0.4, -0.2) is 21.4 Å². The van der Waals surface area contributed by atoms with Gasteiger partial charge in [-0.3, -0.25) is 4.79 Å². The number of hydrogen-bond acceptors (Lipinski definition) is 4. The first-order valence-electron chi connectivity index (χ1n) is 6.86. The number of ether oxygens (including phenoxy) is 1. The second-order valence-electron chi connectivity index (χ2n) is 5.01. The van der Waals surface area contributed by atoms with Gasteiger partial charge in [-0.1, -0.05) is 18.2 Å². The summed E-state index contributed by atoms with van der Waals surface area (Å²) in [6, 6.07) is 11.3. The number of benzene rings is 2. The fourth-order valence-corrected chi connectivity index (χ4v) is 3.08. The number of carbonyl (C=O) groups excluding carboxylic acids is 1. The molecule has 0 radical (unpaired) electrons. The van der Waals surface area contributed by atoms with Crippen LogP contribution in [0.2, 0.25) is 0 Å². The van der Waals surface area contributed by atoms with Crippen LogP contribution < -0.4 is 15.2 Å². The number of aryl methyl sites for hydroxylation is 1. The van der Waals surface area contributed by atoms with Crippen molar-refractivity contribution in [1.29, 1.82) is 0 Å². The minimum atomic E-state index is -3.74. The molecule has 3 N–H and O–H groups in total. The van der Waals surface area contributed by atoms with Crippen LogP contribution in [0.25, 0.3) is 0 Å². The van der Waals surface area contributed by atoms with E-state index in [4.69, 9.17) is 10.5 Å². The number of nitrogens with one attached hydrogen (secondary N) is 1. The third kappa shape index (κ3) is 4.08. The van der Waals surface area contributed by atoms with Crippen molar-refractivity contribution in [3.63, 3.8) is 0 Å². The number of sulfonamides is 1. The predicted molar refractivity (Wildman–Crippen MR) is 86.7 cm³/mol. The van der Waals surface area contributed by atoms with Gasteiger partial charge in [-0.15, -0.1) is 0 Å². The Morgan fingerprint density at radius 1 is 1.17 bits per heavy atom. The molecule has 0 aliphatic heterocycles. The smallest absolute Gasteiger partial charge is 0.249 e. The topological polar surface area (TPSA) is 98.5 Å². The van der Waals surface area contributed by atoms with E-state index in [1.165, 1.54) is 12.1 Å². The summed E-state index contributed by atoms with van der Waals surface area (Å²) in [5.41, 5.74) is 6.86. The van der Waals surface area contributed by atoms with E-state index in [-0.39, 0.29) is 17.0 Å². The van der Waals surface area contributed by atoms with Crippen LogP contribution in [0.5, 0.6) is 5.75 Å². The fourth-order valence-electron chi connectivity index (χ4n) is 2.04. The molecule has 1 amide bonds. The van der Waals surface area contributed by atoms with Crippen molar-refractivity contribution in [3.8, 4) is 5.75 Å². The summed E-state index contributed by atoms with van der Waals surface area (Å²) in [6.45, 7) is 1.83. The quantitative estimate of drug-likeness (QED) is 0.838. The normalized spacial score (nSPS) is 11.2. The average Bonchev–Trinajstić information content (AvgIpc) is 2.53. The van der Waals surface area contributed by atoms with E-state index in [0.29, 0.717) is 11.3 Å². The van der Waals surface area contributed by atoms with Gasteiger partial charge < -0.3 is 10.5 Å². The lowest BCUT2D eigenvalue weighted by Crippen LogP contribution is -2.24. The Labute approximate surface area is 135 Å². The number of amides is 1. The fraction of sp³-hybridized carbons (Fsp3) is 0.188. The maximum absolute atomic E-state index is 12.3. The Balaban J connectivity index is 2.18. The first-order valence-corrected chi connectivity index (χ1v) is 8.35. The van der Waals surface area contributed by atoms with Crippen molar-refractivity contribution in [2.45, 2.75) is 18.4 Å². The number of rotatable bonds is 6. The molecule has 6 nitrogen and oxygen atoms in total. The van der Waals surface area contributed by atoms with Crippen molar-refractivity contribution < 1.29 is 17.9 Å². The summed E-state index contributed by atoms with van der Waals surface area (Å²) in [7, 11) is -2.18. The van der Waals surface area contributed by atoms with Crippen LogP contribution in [-0.2, 0) is 16.6 Å². The summed E-state index contributed by atoms with van der Waals surface area (Å²) in [5.74, 6) is 0.0379. The Hall–Kier alpha value is -2.38. The molecule has 0 atom stereocenters. The molecule has 0 aliphatic rings. The van der Waals surface area contributed by atoms with Crippen molar-refractivity contribution >= 4 is 15.9 Å². The second kappa shape index (κ2) is 6.80. The van der Waals surface area contributed by atoms with Crippen LogP contribution in [0.4, 0.5) is 0 Å². The van der Waals surface area contributed by atoms with Gasteiger partial charge in [0.25, 0.3) is 0 Å². The summed E-state index contributed by atoms with van der Waals surface area (Å²) in [6.07, 6.45) is 0. The zero-order valence-electron chi connectivity index (χ0n) is 12.9. The van der Waals surface area contributed by atoms with E-state index in [9.17, 15) is 13.2 Å². The van der Waals surface area contributed by atoms with Crippen molar-refractivity contribution in [2.24, 2.45) is 5.73 Å². The van der Waals surface area contributed by atoms with Gasteiger partial charge in [-0.2, -0.15) is 0 Å². The standard InChI is InChI=1S/C16H18N2O4S/c1-11-3-8-14(9-15(11)16(17)19)23(20,21)18-10-12-4-6-13(22-2)7-5-12/h3-9,18H,10H2,1-2H3,(H2,17,19). The van der Waals surface area contributed by atoms with Gasteiger partial charge in [0.2, 0.25) is 15.9 Å². The van der Waals surface area contributed by atoms with Crippen LogP contribution >= 0.6 is 0 Å². The summed E-state index contributed by atoms with van der Waals surface area (Å²) >= 11 is 0. The van der Waals surface area contributed by atoms with E-state index in [1.54, 1.807) is 44.4 Å². The van der Waals surface area contributed by atoms with Crippen molar-refractivity contribution in [1.82, 2.24) is 4.72 Å². The van der Waals surface area contributed by atoms with Crippen LogP contribution in [0, 0.1) is 6.92 Å². The summed E-state index contributed by atoms with van der Waals surface area (Å²) < 4.78 is 32.2. The number of hydrogen-bond donors (Lipinski definition) is 2. The Bertz CT molecular complexity index is 814. The molecule has 0 spiro atoms. The highest BCUT2D eigenvalue weighted by atomic mass is 32.2. The SMILES string of the molecule is COc1ccc(CNS(=O)(=O)c2ccc(C)c(C(N)=O)c2)cc1. The van der Waals surface area contributed by atoms with Crippen molar-refractivity contribution in [2.75, 3.05) is 7.11 Å².